The molecule has 1 aliphatic rings. The monoisotopic (exact) mass is 476 g/mol. The van der Waals surface area contributed by atoms with Crippen molar-refractivity contribution in [1.29, 1.82) is 0 Å². The van der Waals surface area contributed by atoms with Gasteiger partial charge >= 0.3 is 0 Å². The zero-order valence-electron chi connectivity index (χ0n) is 16.6. The van der Waals surface area contributed by atoms with Gasteiger partial charge in [-0.05, 0) is 41.1 Å². The molecular weight excluding hydrogens is 456 g/mol. The summed E-state index contributed by atoms with van der Waals surface area (Å²) in [5, 5.41) is 5.26. The number of nitrogens with zero attached hydrogens (tertiary/aromatic N) is 1. The van der Waals surface area contributed by atoms with E-state index < -0.39 is 10.0 Å². The van der Waals surface area contributed by atoms with Crippen molar-refractivity contribution in [1.82, 2.24) is 4.31 Å². The predicted molar refractivity (Wildman–Crippen MR) is 124 cm³/mol. The van der Waals surface area contributed by atoms with Gasteiger partial charge in [0.15, 0.2) is 0 Å². The number of amides is 1. The maximum Gasteiger partial charge on any atom is 0.243 e. The minimum absolute atomic E-state index is 0.0938. The van der Waals surface area contributed by atoms with E-state index in [0.717, 1.165) is 15.7 Å². The van der Waals surface area contributed by atoms with E-state index in [9.17, 15) is 13.2 Å². The molecule has 0 radical (unpaired) electrons. The van der Waals surface area contributed by atoms with Gasteiger partial charge in [0.2, 0.25) is 15.9 Å². The largest absolute Gasteiger partial charge is 0.379 e. The van der Waals surface area contributed by atoms with Gasteiger partial charge in [-0.15, -0.1) is 11.8 Å². The Hall–Kier alpha value is -2.10. The molecular formula is C22H21ClN2O4S2. The first-order valence-electron chi connectivity index (χ1n) is 9.72. The zero-order chi connectivity index (χ0) is 21.8. The molecule has 1 aliphatic heterocycles. The summed E-state index contributed by atoms with van der Waals surface area (Å²) < 4.78 is 32.3. The predicted octanol–water partition coefficient (Wildman–Crippen LogP) is 4.24. The molecule has 1 fully saturated rings. The quantitative estimate of drug-likeness (QED) is 0.538. The number of nitrogens with one attached hydrogen (secondary N) is 1. The smallest absolute Gasteiger partial charge is 0.243 e. The second-order valence-corrected chi connectivity index (χ2v) is 10.4. The Morgan fingerprint density at radius 1 is 1.03 bits per heavy atom. The van der Waals surface area contributed by atoms with Crippen LogP contribution in [0.3, 0.4) is 0 Å². The van der Waals surface area contributed by atoms with Gasteiger partial charge in [-0.25, -0.2) is 8.42 Å². The number of fused-ring (bicyclic) bond motifs is 1. The van der Waals surface area contributed by atoms with Crippen molar-refractivity contribution < 1.29 is 17.9 Å². The molecule has 4 rings (SSSR count). The van der Waals surface area contributed by atoms with Crippen LogP contribution in [0.2, 0.25) is 5.02 Å². The lowest BCUT2D eigenvalue weighted by Crippen LogP contribution is -2.40. The molecule has 0 aliphatic carbocycles. The third-order valence-electron chi connectivity index (χ3n) is 4.91. The molecule has 1 saturated heterocycles. The third-order valence-corrected chi connectivity index (χ3v) is 8.13. The molecule has 1 amide bonds. The van der Waals surface area contributed by atoms with E-state index in [1.165, 1.54) is 34.3 Å². The van der Waals surface area contributed by atoms with Crippen molar-refractivity contribution in [3.63, 3.8) is 0 Å². The fraction of sp³-hybridized carbons (Fsp3) is 0.227. The third kappa shape index (κ3) is 5.22. The fourth-order valence-electron chi connectivity index (χ4n) is 3.29. The van der Waals surface area contributed by atoms with Gasteiger partial charge in [-0.1, -0.05) is 41.9 Å². The number of hydrogen-bond donors (Lipinski definition) is 1. The molecule has 162 valence electrons. The first-order valence-corrected chi connectivity index (χ1v) is 12.5. The minimum Gasteiger partial charge on any atom is -0.379 e. The molecule has 3 aromatic carbocycles. The van der Waals surface area contributed by atoms with E-state index in [1.54, 1.807) is 0 Å². The molecule has 3 aromatic rings. The number of carbonyl (C=O) groups excluding carboxylic acids is 1. The van der Waals surface area contributed by atoms with Gasteiger partial charge in [0.25, 0.3) is 0 Å². The first-order chi connectivity index (χ1) is 14.9. The Morgan fingerprint density at radius 3 is 2.55 bits per heavy atom. The molecule has 0 bridgehead atoms. The van der Waals surface area contributed by atoms with Crippen molar-refractivity contribution in [2.45, 2.75) is 9.79 Å². The van der Waals surface area contributed by atoms with E-state index in [4.69, 9.17) is 16.3 Å². The summed E-state index contributed by atoms with van der Waals surface area (Å²) >= 11 is 7.61. The maximum absolute atomic E-state index is 12.9. The van der Waals surface area contributed by atoms with Crippen LogP contribution in [0.25, 0.3) is 10.8 Å². The van der Waals surface area contributed by atoms with E-state index in [-0.39, 0.29) is 27.3 Å². The molecule has 1 N–H and O–H groups in total. The van der Waals surface area contributed by atoms with Gasteiger partial charge in [-0.3, -0.25) is 4.79 Å². The molecule has 6 nitrogen and oxygen atoms in total. The minimum atomic E-state index is -3.67. The number of morpholine rings is 1. The summed E-state index contributed by atoms with van der Waals surface area (Å²) in [5.41, 5.74) is 0.278. The Balaban J connectivity index is 1.44. The molecule has 0 atom stereocenters. The maximum atomic E-state index is 12.9. The number of halogens is 1. The molecule has 0 saturated carbocycles. The lowest BCUT2D eigenvalue weighted by molar-refractivity contribution is -0.113. The average molecular weight is 477 g/mol. The Morgan fingerprint density at radius 2 is 1.77 bits per heavy atom. The van der Waals surface area contributed by atoms with E-state index in [1.807, 2.05) is 42.5 Å². The fourth-order valence-corrected chi connectivity index (χ4v) is 5.63. The van der Waals surface area contributed by atoms with Crippen LogP contribution in [0.1, 0.15) is 0 Å². The number of sulfonamides is 1. The van der Waals surface area contributed by atoms with Crippen LogP contribution in [0.5, 0.6) is 0 Å². The van der Waals surface area contributed by atoms with Crippen LogP contribution >= 0.6 is 23.4 Å². The van der Waals surface area contributed by atoms with Crippen molar-refractivity contribution >= 4 is 55.8 Å². The van der Waals surface area contributed by atoms with Crippen LogP contribution in [-0.2, 0) is 19.6 Å². The van der Waals surface area contributed by atoms with Crippen LogP contribution in [0.15, 0.2) is 70.5 Å². The van der Waals surface area contributed by atoms with Crippen LogP contribution in [0, 0.1) is 0 Å². The molecule has 0 unspecified atom stereocenters. The summed E-state index contributed by atoms with van der Waals surface area (Å²) in [6.45, 7) is 1.33. The van der Waals surface area contributed by atoms with E-state index in [2.05, 4.69) is 5.32 Å². The highest BCUT2D eigenvalue weighted by Crippen LogP contribution is 2.28. The van der Waals surface area contributed by atoms with Gasteiger partial charge in [0.05, 0.1) is 34.6 Å². The van der Waals surface area contributed by atoms with Crippen molar-refractivity contribution in [3.05, 3.63) is 65.7 Å². The van der Waals surface area contributed by atoms with E-state index in [0.29, 0.717) is 26.3 Å². The number of carbonyl (C=O) groups is 1. The molecule has 0 aromatic heterocycles. The van der Waals surface area contributed by atoms with Crippen molar-refractivity contribution in [2.75, 3.05) is 37.4 Å². The van der Waals surface area contributed by atoms with Gasteiger partial charge in [0.1, 0.15) is 0 Å². The number of anilines is 1. The van der Waals surface area contributed by atoms with Gasteiger partial charge in [0, 0.05) is 18.0 Å². The summed E-state index contributed by atoms with van der Waals surface area (Å²) in [4.78, 5) is 13.6. The molecule has 9 heteroatoms. The summed E-state index contributed by atoms with van der Waals surface area (Å²) in [6.07, 6.45) is 0. The normalized spacial score (nSPS) is 15.1. The number of ether oxygens (including phenoxy) is 1. The molecule has 31 heavy (non-hydrogen) atoms. The average Bonchev–Trinajstić information content (AvgIpc) is 2.79. The highest BCUT2D eigenvalue weighted by atomic mass is 35.5. The number of thioether (sulfide) groups is 1. The standard InChI is InChI=1S/C22H21ClN2O4S2/c23-20-8-7-19(31(27,28)25-9-11-29-12-10-25)14-21(20)24-22(26)15-30-18-6-5-16-3-1-2-4-17(16)13-18/h1-8,13-14H,9-12,15H2,(H,24,26). The second-order valence-electron chi connectivity index (χ2n) is 7.00. The lowest BCUT2D eigenvalue weighted by atomic mass is 10.1. The van der Waals surface area contributed by atoms with E-state index >= 15 is 0 Å². The van der Waals surface area contributed by atoms with Crippen molar-refractivity contribution in [3.8, 4) is 0 Å². The Bertz CT molecular complexity index is 1210. The van der Waals surface area contributed by atoms with Crippen LogP contribution in [-0.4, -0.2) is 50.7 Å². The topological polar surface area (TPSA) is 75.7 Å². The number of rotatable bonds is 6. The van der Waals surface area contributed by atoms with Gasteiger partial charge in [-0.2, -0.15) is 4.31 Å². The summed E-state index contributed by atoms with van der Waals surface area (Å²) in [6, 6.07) is 18.4. The second kappa shape index (κ2) is 9.58. The SMILES string of the molecule is O=C(CSc1ccc2ccccc2c1)Nc1cc(S(=O)(=O)N2CCOCC2)ccc1Cl. The zero-order valence-corrected chi connectivity index (χ0v) is 19.0. The Kier molecular flexibility index (Phi) is 6.83. The molecule has 0 spiro atoms. The lowest BCUT2D eigenvalue weighted by Gasteiger charge is -2.26. The highest BCUT2D eigenvalue weighted by Gasteiger charge is 2.27. The Labute approximate surface area is 190 Å². The van der Waals surface area contributed by atoms with Crippen molar-refractivity contribution in [2.24, 2.45) is 0 Å². The van der Waals surface area contributed by atoms with Gasteiger partial charge < -0.3 is 10.1 Å². The van der Waals surface area contributed by atoms with Crippen LogP contribution in [0.4, 0.5) is 5.69 Å². The number of hydrogen-bond acceptors (Lipinski definition) is 5. The highest BCUT2D eigenvalue weighted by molar-refractivity contribution is 8.00. The summed E-state index contributed by atoms with van der Waals surface area (Å²) in [5.74, 6) is -0.0873. The first kappa shape index (κ1) is 22.1. The molecule has 1 heterocycles. The van der Waals surface area contributed by atoms with Crippen LogP contribution < -0.4 is 5.32 Å². The number of benzene rings is 3. The summed E-state index contributed by atoms with van der Waals surface area (Å²) in [7, 11) is -3.67.